The number of thioether (sulfide) groups is 1. The van der Waals surface area contributed by atoms with E-state index in [-0.39, 0.29) is 0 Å². The number of hydrogen-bond donors (Lipinski definition) is 1. The van der Waals surface area contributed by atoms with Crippen molar-refractivity contribution in [3.05, 3.63) is 22.8 Å². The second-order valence-electron chi connectivity index (χ2n) is 2.08. The van der Waals surface area contributed by atoms with Crippen LogP contribution in [0.5, 0.6) is 0 Å². The first-order chi connectivity index (χ1) is 4.84. The lowest BCUT2D eigenvalue weighted by Gasteiger charge is -2.12. The van der Waals surface area contributed by atoms with Gasteiger partial charge in [0.25, 0.3) is 5.88 Å². The lowest BCUT2D eigenvalue weighted by molar-refractivity contribution is -0.360. The molecule has 1 aliphatic heterocycles. The van der Waals surface area contributed by atoms with Crippen molar-refractivity contribution in [1.82, 2.24) is 0 Å². The smallest absolute Gasteiger partial charge is 0.296 e. The molecule has 1 heterocycles. The minimum Gasteiger partial charge on any atom is -0.451 e. The molecular weight excluding hydrogens is 146 g/mol. The molecule has 3 N–H and O–H groups in total. The van der Waals surface area contributed by atoms with Gasteiger partial charge in [0.2, 0.25) is 0 Å². The van der Waals surface area contributed by atoms with Crippen molar-refractivity contribution in [2.75, 3.05) is 6.61 Å². The normalized spacial score (nSPS) is 18.5. The fourth-order valence-electron chi connectivity index (χ4n) is 0.873. The Balaban J connectivity index is 2.58. The highest BCUT2D eigenvalue weighted by Gasteiger charge is 2.12. The van der Waals surface area contributed by atoms with Crippen LogP contribution in [-0.2, 0) is 4.74 Å². The molecule has 0 spiro atoms. The quantitative estimate of drug-likeness (QED) is 0.653. The summed E-state index contributed by atoms with van der Waals surface area (Å²) in [4.78, 5) is 1.22. The zero-order chi connectivity index (χ0) is 7.40. The molecule has 2 nitrogen and oxygen atoms in total. The van der Waals surface area contributed by atoms with E-state index >= 15 is 0 Å². The van der Waals surface area contributed by atoms with Crippen molar-refractivity contribution in [3.8, 4) is 0 Å². The van der Waals surface area contributed by atoms with Gasteiger partial charge in [0, 0.05) is 0 Å². The predicted molar refractivity (Wildman–Crippen MR) is 42.9 cm³/mol. The molecule has 0 aromatic heterocycles. The maximum Gasteiger partial charge on any atom is 0.296 e. The Kier molecular flexibility index (Phi) is 2.83. The van der Waals surface area contributed by atoms with Crippen LogP contribution >= 0.6 is 11.8 Å². The van der Waals surface area contributed by atoms with E-state index in [2.05, 4.69) is 12.3 Å². The molecule has 0 aromatic rings. The lowest BCUT2D eigenvalue weighted by atomic mass is 10.3. The van der Waals surface area contributed by atoms with Gasteiger partial charge in [-0.2, -0.15) is 0 Å². The minimum absolute atomic E-state index is 0.819. The van der Waals surface area contributed by atoms with E-state index in [1.807, 2.05) is 5.41 Å². The second kappa shape index (κ2) is 3.68. The summed E-state index contributed by atoms with van der Waals surface area (Å²) >= 11 is 1.62. The van der Waals surface area contributed by atoms with E-state index in [1.165, 1.54) is 4.91 Å². The highest BCUT2D eigenvalue weighted by molar-refractivity contribution is 8.05. The average Bonchev–Trinajstić information content (AvgIpc) is 1.94. The third-order valence-electron chi connectivity index (χ3n) is 1.36. The zero-order valence-electron chi connectivity index (χ0n) is 5.93. The van der Waals surface area contributed by atoms with Crippen LogP contribution in [0, 0.1) is 0 Å². The second-order valence-corrected chi connectivity index (χ2v) is 3.14. The molecule has 0 atom stereocenters. The molecule has 10 heavy (non-hydrogen) atoms. The Labute approximate surface area is 65.1 Å². The average molecular weight is 158 g/mol. The van der Waals surface area contributed by atoms with E-state index in [1.54, 1.807) is 11.8 Å². The van der Waals surface area contributed by atoms with Crippen molar-refractivity contribution in [2.24, 2.45) is 0 Å². The third kappa shape index (κ3) is 1.78. The van der Waals surface area contributed by atoms with E-state index in [9.17, 15) is 0 Å². The van der Waals surface area contributed by atoms with E-state index in [0.29, 0.717) is 0 Å². The van der Waals surface area contributed by atoms with Crippen LogP contribution < -0.4 is 5.73 Å². The van der Waals surface area contributed by atoms with Gasteiger partial charge in [0.1, 0.15) is 0 Å². The topological polar surface area (TPSA) is 36.9 Å². The van der Waals surface area contributed by atoms with Crippen molar-refractivity contribution in [3.63, 3.8) is 0 Å². The number of hydrogen-bond acceptors (Lipinski definition) is 2. The monoisotopic (exact) mass is 158 g/mol. The standard InChI is InChI=1S/C7H11NOS/c1-2-10-6-4-3-5-9-7(6)8/h2H,1,3-5,8H2/p+1. The fourth-order valence-corrected chi connectivity index (χ4v) is 1.53. The number of quaternary nitrogens is 1. The highest BCUT2D eigenvalue weighted by atomic mass is 32.2. The highest BCUT2D eigenvalue weighted by Crippen LogP contribution is 2.26. The van der Waals surface area contributed by atoms with Crippen LogP contribution in [0.25, 0.3) is 0 Å². The van der Waals surface area contributed by atoms with Crippen LogP contribution in [0.2, 0.25) is 0 Å². The third-order valence-corrected chi connectivity index (χ3v) is 2.24. The molecule has 0 saturated heterocycles. The van der Waals surface area contributed by atoms with Crippen LogP contribution in [0.15, 0.2) is 22.8 Å². The summed E-state index contributed by atoms with van der Waals surface area (Å²) in [6, 6.07) is 0. The van der Waals surface area contributed by atoms with Crippen molar-refractivity contribution >= 4 is 11.8 Å². The molecule has 0 unspecified atom stereocenters. The molecule has 0 saturated carbocycles. The lowest BCUT2D eigenvalue weighted by Crippen LogP contribution is -2.50. The van der Waals surface area contributed by atoms with Gasteiger partial charge in [-0.15, -0.1) is 0 Å². The van der Waals surface area contributed by atoms with Gasteiger partial charge in [0.15, 0.2) is 0 Å². The summed E-state index contributed by atoms with van der Waals surface area (Å²) in [6.45, 7) is 4.45. The van der Waals surface area contributed by atoms with Gasteiger partial charge in [-0.05, 0) is 18.2 Å². The van der Waals surface area contributed by atoms with Crippen LogP contribution in [0.3, 0.4) is 0 Å². The van der Waals surface area contributed by atoms with Crippen molar-refractivity contribution < 1.29 is 10.5 Å². The van der Waals surface area contributed by atoms with Gasteiger partial charge in [-0.1, -0.05) is 18.3 Å². The molecule has 1 aliphatic rings. The summed E-state index contributed by atoms with van der Waals surface area (Å²) in [6.07, 6.45) is 2.20. The first-order valence-corrected chi connectivity index (χ1v) is 4.18. The van der Waals surface area contributed by atoms with Gasteiger partial charge in [-0.25, -0.2) is 0 Å². The largest absolute Gasteiger partial charge is 0.451 e. The molecule has 0 amide bonds. The summed E-state index contributed by atoms with van der Waals surface area (Å²) in [5.41, 5.74) is 3.79. The summed E-state index contributed by atoms with van der Waals surface area (Å²) in [5, 5.41) is 1.81. The van der Waals surface area contributed by atoms with Gasteiger partial charge in [0.05, 0.1) is 11.5 Å². The fraction of sp³-hybridized carbons (Fsp3) is 0.429. The zero-order valence-corrected chi connectivity index (χ0v) is 6.75. The molecule has 0 fully saturated rings. The van der Waals surface area contributed by atoms with E-state index in [0.717, 1.165) is 25.3 Å². The molecule has 0 aliphatic carbocycles. The van der Waals surface area contributed by atoms with Crippen LogP contribution in [-0.4, -0.2) is 6.61 Å². The maximum absolute atomic E-state index is 5.24. The predicted octanol–water partition coefficient (Wildman–Crippen LogP) is 1.08. The molecular formula is C7H12NOS+. The molecule has 3 heteroatoms. The maximum atomic E-state index is 5.24. The molecule has 0 radical (unpaired) electrons. The Bertz CT molecular complexity index is 165. The van der Waals surface area contributed by atoms with Crippen LogP contribution in [0.1, 0.15) is 12.8 Å². The van der Waals surface area contributed by atoms with Gasteiger partial charge in [-0.3, -0.25) is 5.73 Å². The molecule has 56 valence electrons. The summed E-state index contributed by atoms with van der Waals surface area (Å²) < 4.78 is 5.24. The molecule has 1 rings (SSSR count). The van der Waals surface area contributed by atoms with Gasteiger partial charge >= 0.3 is 0 Å². The number of ether oxygens (including phenoxy) is 1. The van der Waals surface area contributed by atoms with Crippen molar-refractivity contribution in [2.45, 2.75) is 12.8 Å². The SMILES string of the molecule is C=CSC1=C([NH3+])OCCC1. The number of allylic oxidation sites excluding steroid dienone is 1. The van der Waals surface area contributed by atoms with E-state index < -0.39 is 0 Å². The first kappa shape index (κ1) is 7.69. The summed E-state index contributed by atoms with van der Waals surface area (Å²) in [5.74, 6) is 0.830. The minimum atomic E-state index is 0.819. The molecule has 0 aromatic carbocycles. The van der Waals surface area contributed by atoms with Crippen molar-refractivity contribution in [1.29, 1.82) is 0 Å². The Morgan fingerprint density at radius 3 is 3.10 bits per heavy atom. The Morgan fingerprint density at radius 1 is 1.70 bits per heavy atom. The Morgan fingerprint density at radius 2 is 2.50 bits per heavy atom. The van der Waals surface area contributed by atoms with Gasteiger partial charge < -0.3 is 4.74 Å². The Hall–Kier alpha value is -0.410. The number of rotatable bonds is 2. The summed E-state index contributed by atoms with van der Waals surface area (Å²) in [7, 11) is 0. The molecule has 0 bridgehead atoms. The van der Waals surface area contributed by atoms with Crippen LogP contribution in [0.4, 0.5) is 0 Å². The van der Waals surface area contributed by atoms with E-state index in [4.69, 9.17) is 4.74 Å². The first-order valence-electron chi connectivity index (χ1n) is 3.30.